The number of benzene rings is 2. The highest BCUT2D eigenvalue weighted by molar-refractivity contribution is 6.13. The van der Waals surface area contributed by atoms with E-state index in [1.807, 2.05) is 30.3 Å². The molecule has 1 aliphatic carbocycles. The molecule has 7 heteroatoms. The average molecular weight is 406 g/mol. The van der Waals surface area contributed by atoms with Crippen molar-refractivity contribution in [2.75, 3.05) is 31.4 Å². The molecule has 1 spiro atoms. The van der Waals surface area contributed by atoms with E-state index in [9.17, 15) is 9.59 Å². The van der Waals surface area contributed by atoms with Gasteiger partial charge in [-0.15, -0.1) is 0 Å². The maximum Gasteiger partial charge on any atom is 0.246 e. The van der Waals surface area contributed by atoms with Crippen molar-refractivity contribution in [3.05, 3.63) is 47.5 Å². The molecular formula is C23H22N2O5. The Bertz CT molecular complexity index is 1060. The fraction of sp³-hybridized carbons (Fsp3) is 0.391. The Labute approximate surface area is 173 Å². The highest BCUT2D eigenvalue weighted by atomic mass is 16.7. The molecule has 2 aromatic rings. The summed E-state index contributed by atoms with van der Waals surface area (Å²) in [5, 5.41) is 2.96. The molecule has 3 aliphatic heterocycles. The third-order valence-electron chi connectivity index (χ3n) is 6.52. The van der Waals surface area contributed by atoms with Gasteiger partial charge in [0.15, 0.2) is 11.5 Å². The summed E-state index contributed by atoms with van der Waals surface area (Å²) in [6.45, 7) is 1.01. The molecule has 0 saturated heterocycles. The lowest BCUT2D eigenvalue weighted by atomic mass is 9.77. The maximum absolute atomic E-state index is 13.8. The molecule has 2 amide bonds. The largest absolute Gasteiger partial charge is 0.491 e. The lowest BCUT2D eigenvalue weighted by molar-refractivity contribution is -0.125. The summed E-state index contributed by atoms with van der Waals surface area (Å²) in [4.78, 5) is 27.9. The van der Waals surface area contributed by atoms with Crippen LogP contribution in [0.2, 0.25) is 0 Å². The number of hydrogen-bond acceptors (Lipinski definition) is 5. The molecule has 154 valence electrons. The van der Waals surface area contributed by atoms with Crippen LogP contribution in [-0.4, -0.2) is 38.3 Å². The molecule has 6 rings (SSSR count). The predicted molar refractivity (Wildman–Crippen MR) is 108 cm³/mol. The Hall–Kier alpha value is -3.22. The zero-order valence-electron chi connectivity index (χ0n) is 16.5. The van der Waals surface area contributed by atoms with Gasteiger partial charge in [-0.2, -0.15) is 0 Å². The number of carbonyl (C=O) groups is 2. The van der Waals surface area contributed by atoms with Crippen molar-refractivity contribution in [3.63, 3.8) is 0 Å². The first-order chi connectivity index (χ1) is 14.7. The van der Waals surface area contributed by atoms with Crippen molar-refractivity contribution in [2.45, 2.75) is 24.7 Å². The van der Waals surface area contributed by atoms with E-state index in [1.54, 1.807) is 11.0 Å². The molecule has 0 bridgehead atoms. The predicted octanol–water partition coefficient (Wildman–Crippen LogP) is 2.36. The van der Waals surface area contributed by atoms with E-state index in [0.29, 0.717) is 23.8 Å². The van der Waals surface area contributed by atoms with Crippen LogP contribution in [0.25, 0.3) is 0 Å². The van der Waals surface area contributed by atoms with Crippen LogP contribution in [0.5, 0.6) is 17.2 Å². The molecule has 0 radical (unpaired) electrons. The van der Waals surface area contributed by atoms with Crippen molar-refractivity contribution in [2.24, 2.45) is 5.92 Å². The van der Waals surface area contributed by atoms with Gasteiger partial charge in [-0.3, -0.25) is 9.59 Å². The minimum atomic E-state index is -0.971. The normalized spacial score (nSPS) is 22.8. The monoisotopic (exact) mass is 406 g/mol. The van der Waals surface area contributed by atoms with Crippen molar-refractivity contribution >= 4 is 17.5 Å². The third kappa shape index (κ3) is 2.51. The number of carbonyl (C=O) groups excluding carboxylic acids is 2. The number of hydrogen-bond donors (Lipinski definition) is 1. The second-order valence-corrected chi connectivity index (χ2v) is 8.39. The Morgan fingerprint density at radius 1 is 1.07 bits per heavy atom. The molecule has 2 aromatic carbocycles. The Kier molecular flexibility index (Phi) is 3.75. The van der Waals surface area contributed by atoms with Crippen LogP contribution in [0, 0.1) is 5.92 Å². The zero-order chi connectivity index (χ0) is 20.3. The van der Waals surface area contributed by atoms with E-state index in [2.05, 4.69) is 5.32 Å². The summed E-state index contributed by atoms with van der Waals surface area (Å²) in [6, 6.07) is 11.3. The van der Waals surface area contributed by atoms with Crippen molar-refractivity contribution in [3.8, 4) is 17.2 Å². The van der Waals surface area contributed by atoms with E-state index in [-0.39, 0.29) is 31.8 Å². The van der Waals surface area contributed by atoms with Crippen LogP contribution in [0.3, 0.4) is 0 Å². The number of fused-ring (bicyclic) bond motifs is 5. The number of nitrogens with one attached hydrogen (secondary N) is 1. The van der Waals surface area contributed by atoms with Gasteiger partial charge in [-0.1, -0.05) is 31.0 Å². The van der Waals surface area contributed by atoms with Crippen molar-refractivity contribution in [1.29, 1.82) is 0 Å². The first-order valence-corrected chi connectivity index (χ1v) is 10.4. The Morgan fingerprint density at radius 2 is 1.87 bits per heavy atom. The van der Waals surface area contributed by atoms with Gasteiger partial charge in [0.1, 0.15) is 24.3 Å². The van der Waals surface area contributed by atoms with Gasteiger partial charge in [0.25, 0.3) is 0 Å². The maximum atomic E-state index is 13.8. The Balaban J connectivity index is 1.34. The van der Waals surface area contributed by atoms with Gasteiger partial charge < -0.3 is 24.4 Å². The van der Waals surface area contributed by atoms with Gasteiger partial charge in [-0.25, -0.2) is 0 Å². The molecule has 1 atom stereocenters. The number of anilines is 1. The van der Waals surface area contributed by atoms with Gasteiger partial charge in [0.2, 0.25) is 18.6 Å². The molecule has 1 N–H and O–H groups in total. The van der Waals surface area contributed by atoms with E-state index in [0.717, 1.165) is 29.2 Å². The summed E-state index contributed by atoms with van der Waals surface area (Å²) in [5.41, 5.74) is 1.41. The molecule has 1 unspecified atom stereocenters. The Morgan fingerprint density at radius 3 is 2.70 bits per heavy atom. The SMILES string of the molecule is O=C(CN1C(=O)C2(COc3cc4c(cc32)OCO4)c2ccccc21)NCCC1CC1. The first kappa shape index (κ1) is 17.6. The number of para-hydroxylation sites is 1. The summed E-state index contributed by atoms with van der Waals surface area (Å²) in [5.74, 6) is 2.33. The molecule has 1 fully saturated rings. The highest BCUT2D eigenvalue weighted by Gasteiger charge is 2.57. The number of nitrogens with zero attached hydrogens (tertiary/aromatic N) is 1. The topological polar surface area (TPSA) is 77.1 Å². The highest BCUT2D eigenvalue weighted by Crippen LogP contribution is 2.54. The molecule has 7 nitrogen and oxygen atoms in total. The second kappa shape index (κ2) is 6.39. The quantitative estimate of drug-likeness (QED) is 0.825. The molecule has 30 heavy (non-hydrogen) atoms. The molecule has 4 aliphatic rings. The molecule has 0 aromatic heterocycles. The minimum Gasteiger partial charge on any atom is -0.491 e. The van der Waals surface area contributed by atoms with Gasteiger partial charge in [-0.05, 0) is 30.0 Å². The fourth-order valence-electron chi connectivity index (χ4n) is 4.74. The van der Waals surface area contributed by atoms with Crippen LogP contribution in [-0.2, 0) is 15.0 Å². The zero-order valence-corrected chi connectivity index (χ0v) is 16.5. The van der Waals surface area contributed by atoms with Crippen LogP contribution in [0.15, 0.2) is 36.4 Å². The summed E-state index contributed by atoms with van der Waals surface area (Å²) >= 11 is 0. The average Bonchev–Trinajstić information content (AvgIpc) is 3.26. The molecular weight excluding hydrogens is 384 g/mol. The van der Waals surface area contributed by atoms with Crippen LogP contribution in [0.1, 0.15) is 30.4 Å². The van der Waals surface area contributed by atoms with Crippen LogP contribution in [0.4, 0.5) is 5.69 Å². The standard InChI is InChI=1S/C23H22N2O5/c26-21(24-8-7-14-5-6-14)11-25-17-4-2-1-3-15(17)23(22(25)27)12-28-18-10-20-19(9-16(18)23)29-13-30-20/h1-4,9-10,14H,5-8,11-13H2,(H,24,26). The lowest BCUT2D eigenvalue weighted by Crippen LogP contribution is -2.46. The van der Waals surface area contributed by atoms with Crippen LogP contribution < -0.4 is 24.4 Å². The van der Waals surface area contributed by atoms with Gasteiger partial charge >= 0.3 is 0 Å². The second-order valence-electron chi connectivity index (χ2n) is 8.39. The summed E-state index contributed by atoms with van der Waals surface area (Å²) < 4.78 is 17.0. The van der Waals surface area contributed by atoms with E-state index < -0.39 is 5.41 Å². The fourth-order valence-corrected chi connectivity index (χ4v) is 4.74. The molecule has 1 saturated carbocycles. The first-order valence-electron chi connectivity index (χ1n) is 10.4. The van der Waals surface area contributed by atoms with E-state index in [4.69, 9.17) is 14.2 Å². The number of ether oxygens (including phenoxy) is 3. The van der Waals surface area contributed by atoms with Crippen LogP contribution >= 0.6 is 0 Å². The summed E-state index contributed by atoms with van der Waals surface area (Å²) in [7, 11) is 0. The third-order valence-corrected chi connectivity index (χ3v) is 6.52. The minimum absolute atomic E-state index is 0.00213. The summed E-state index contributed by atoms with van der Waals surface area (Å²) in [6.07, 6.45) is 3.52. The van der Waals surface area contributed by atoms with E-state index >= 15 is 0 Å². The lowest BCUT2D eigenvalue weighted by Gasteiger charge is -2.23. The van der Waals surface area contributed by atoms with Crippen molar-refractivity contribution < 1.29 is 23.8 Å². The van der Waals surface area contributed by atoms with E-state index in [1.165, 1.54) is 12.8 Å². The number of rotatable bonds is 5. The molecule has 3 heterocycles. The van der Waals surface area contributed by atoms with Gasteiger partial charge in [0, 0.05) is 23.9 Å². The smallest absolute Gasteiger partial charge is 0.246 e. The van der Waals surface area contributed by atoms with Gasteiger partial charge in [0.05, 0.1) is 0 Å². The number of amides is 2. The van der Waals surface area contributed by atoms with Crippen molar-refractivity contribution in [1.82, 2.24) is 5.32 Å².